The Bertz CT molecular complexity index is 2090. The molecule has 0 saturated carbocycles. The summed E-state index contributed by atoms with van der Waals surface area (Å²) in [5.74, 6) is 8.80. The third kappa shape index (κ3) is 6.81. The van der Waals surface area contributed by atoms with Crippen LogP contribution in [-0.4, -0.2) is 37.8 Å². The fourth-order valence-corrected chi connectivity index (χ4v) is 8.93. The average molecular weight is 833 g/mol. The second kappa shape index (κ2) is 13.4. The third-order valence-electron chi connectivity index (χ3n) is 7.79. The van der Waals surface area contributed by atoms with E-state index in [-0.39, 0.29) is 20.1 Å². The van der Waals surface area contributed by atoms with Crippen LogP contribution in [0.5, 0.6) is 0 Å². The Morgan fingerprint density at radius 2 is 1.78 bits per heavy atom. The van der Waals surface area contributed by atoms with Gasteiger partial charge in [0.25, 0.3) is 0 Å². The van der Waals surface area contributed by atoms with E-state index in [1.165, 1.54) is 11.1 Å². The zero-order valence-electron chi connectivity index (χ0n) is 26.8. The Morgan fingerprint density at radius 3 is 2.49 bits per heavy atom. The van der Waals surface area contributed by atoms with Crippen LogP contribution in [0.15, 0.2) is 83.8 Å². The van der Waals surface area contributed by atoms with Crippen molar-refractivity contribution in [2.75, 3.05) is 0 Å². The first-order valence-electron chi connectivity index (χ1n) is 15.0. The maximum atomic E-state index is 5.98. The van der Waals surface area contributed by atoms with E-state index in [4.69, 9.17) is 14.4 Å². The van der Waals surface area contributed by atoms with Gasteiger partial charge in [0, 0.05) is 44.9 Å². The molecule has 6 nitrogen and oxygen atoms in total. The number of imidazole rings is 1. The van der Waals surface area contributed by atoms with Crippen LogP contribution >= 0.6 is 0 Å². The minimum atomic E-state index is -1.87. The summed E-state index contributed by atoms with van der Waals surface area (Å²) in [6.07, 6.45) is 8.56. The Hall–Kier alpha value is -3.65. The van der Waals surface area contributed by atoms with Gasteiger partial charge in [-0.15, -0.1) is 18.2 Å². The van der Waals surface area contributed by atoms with Crippen molar-refractivity contribution in [1.29, 1.82) is 0 Å². The Labute approximate surface area is 281 Å². The molecule has 0 spiro atoms. The van der Waals surface area contributed by atoms with Crippen LogP contribution in [0.4, 0.5) is 0 Å². The molecule has 0 aliphatic heterocycles. The summed E-state index contributed by atoms with van der Waals surface area (Å²) in [5, 5.41) is 2.02. The first kappa shape index (κ1) is 32.7. The first-order valence-corrected chi connectivity index (χ1v) is 22.4. The predicted octanol–water partition coefficient (Wildman–Crippen LogP) is 8.33. The predicted molar refractivity (Wildman–Crippen MR) is 183 cm³/mol. The SMILES string of the molecule is Cc1c[c-]c(-c2cc(CC(C)C)[c]([Ge]([CH3])([CH3])[CH3])cn2)cc1.Cn1c(-c2[c-]ccc3c2oc2ncccc23)nc2ccncc21.[Ir]. The molecule has 0 unspecified atom stereocenters. The number of pyridine rings is 3. The molecule has 5 heterocycles. The van der Waals surface area contributed by atoms with Crippen molar-refractivity contribution in [2.24, 2.45) is 13.0 Å². The molecule has 2 aromatic carbocycles. The van der Waals surface area contributed by atoms with Gasteiger partial charge in [-0.3, -0.25) is 9.97 Å². The van der Waals surface area contributed by atoms with Gasteiger partial charge in [0.05, 0.1) is 28.6 Å². The molecule has 0 amide bonds. The van der Waals surface area contributed by atoms with Crippen molar-refractivity contribution in [3.63, 3.8) is 0 Å². The maximum Gasteiger partial charge on any atom is 0.216 e. The van der Waals surface area contributed by atoms with Crippen molar-refractivity contribution in [3.05, 3.63) is 103 Å². The van der Waals surface area contributed by atoms with E-state index in [9.17, 15) is 0 Å². The fraction of sp³-hybridized carbons (Fsp3) is 0.243. The zero-order valence-corrected chi connectivity index (χ0v) is 31.3. The molecule has 0 fully saturated rings. The van der Waals surface area contributed by atoms with E-state index in [0.717, 1.165) is 56.5 Å². The molecule has 0 atom stereocenters. The van der Waals surface area contributed by atoms with Crippen LogP contribution in [0.2, 0.25) is 17.3 Å². The smallest absolute Gasteiger partial charge is 0.216 e. The van der Waals surface area contributed by atoms with Crippen LogP contribution in [0, 0.1) is 25.0 Å². The Kier molecular flexibility index (Phi) is 9.73. The summed E-state index contributed by atoms with van der Waals surface area (Å²) in [5.41, 5.74) is 8.98. The van der Waals surface area contributed by atoms with Gasteiger partial charge in [0.15, 0.2) is 0 Å². The van der Waals surface area contributed by atoms with E-state index >= 15 is 0 Å². The van der Waals surface area contributed by atoms with Gasteiger partial charge in [-0.25, -0.2) is 4.98 Å². The number of hydrogen-bond acceptors (Lipinski definition) is 5. The summed E-state index contributed by atoms with van der Waals surface area (Å²) in [7, 11) is 1.97. The molecule has 0 aliphatic carbocycles. The molecule has 0 saturated heterocycles. The molecule has 5 aromatic heterocycles. The fourth-order valence-electron chi connectivity index (χ4n) is 5.59. The van der Waals surface area contributed by atoms with Crippen LogP contribution in [-0.2, 0) is 33.6 Å². The van der Waals surface area contributed by atoms with Gasteiger partial charge in [-0.1, -0.05) is 10.9 Å². The number of fused-ring (bicyclic) bond motifs is 4. The number of aromatic nitrogens is 5. The zero-order chi connectivity index (χ0) is 31.0. The minimum absolute atomic E-state index is 0. The third-order valence-corrected chi connectivity index (χ3v) is 12.1. The number of aryl methyl sites for hydroxylation is 2. The van der Waals surface area contributed by atoms with Crippen LogP contribution < -0.4 is 4.40 Å². The molecule has 7 rings (SSSR count). The van der Waals surface area contributed by atoms with Gasteiger partial charge in [-0.05, 0) is 18.2 Å². The maximum absolute atomic E-state index is 5.98. The Balaban J connectivity index is 0.000000175. The molecule has 0 aliphatic rings. The van der Waals surface area contributed by atoms with Crippen LogP contribution in [0.1, 0.15) is 25.0 Å². The van der Waals surface area contributed by atoms with Gasteiger partial charge in [0.1, 0.15) is 0 Å². The average Bonchev–Trinajstić information content (AvgIpc) is 3.55. The van der Waals surface area contributed by atoms with Gasteiger partial charge in [-0.2, -0.15) is 0 Å². The standard InChI is InChI=1S/C19H26GeN.C18H11N4O.Ir/c1-14(2)11-17-12-19(16-9-7-15(3)8-10-16)21-13-18(17)20(4,5)6;1-22-15-10-19-9-7-14(15)21-17(22)13-5-2-4-11-12-6-3-8-20-18(12)23-16(11)13;/h7-9,12-14H,11H2,1-6H3;2-4,6-10H,1H3;/q2*-1;. The Morgan fingerprint density at radius 1 is 0.956 bits per heavy atom. The molecule has 1 radical (unpaired) electrons. The molecule has 45 heavy (non-hydrogen) atoms. The number of nitrogens with zero attached hydrogens (tertiary/aromatic N) is 5. The van der Waals surface area contributed by atoms with E-state index in [0.29, 0.717) is 11.6 Å². The summed E-state index contributed by atoms with van der Waals surface area (Å²) >= 11 is -1.87. The van der Waals surface area contributed by atoms with Gasteiger partial charge >= 0.3 is 132 Å². The van der Waals surface area contributed by atoms with Crippen molar-refractivity contribution >= 4 is 50.8 Å². The van der Waals surface area contributed by atoms with E-state index in [2.05, 4.69) is 84.5 Å². The van der Waals surface area contributed by atoms with E-state index < -0.39 is 13.3 Å². The minimum Gasteiger partial charge on any atom is -0.486 e. The number of hydrogen-bond donors (Lipinski definition) is 0. The molecule has 0 bridgehead atoms. The van der Waals surface area contributed by atoms with E-state index in [1.54, 1.807) is 16.8 Å². The molecule has 7 aromatic rings. The second-order valence-electron chi connectivity index (χ2n) is 12.8. The molecule has 8 heteroatoms. The summed E-state index contributed by atoms with van der Waals surface area (Å²) < 4.78 is 9.53. The van der Waals surface area contributed by atoms with Crippen molar-refractivity contribution in [3.8, 4) is 22.6 Å². The molecule has 0 N–H and O–H groups in total. The summed E-state index contributed by atoms with van der Waals surface area (Å²) in [4.78, 5) is 17.9. The number of benzene rings is 2. The van der Waals surface area contributed by atoms with Crippen molar-refractivity contribution in [2.45, 2.75) is 44.5 Å². The molecular formula is C37H37GeIrN5O-2. The normalized spacial score (nSPS) is 11.6. The molecule has 231 valence electrons. The van der Waals surface area contributed by atoms with Crippen LogP contribution in [0.25, 0.3) is 55.7 Å². The first-order chi connectivity index (χ1) is 21.1. The van der Waals surface area contributed by atoms with Gasteiger partial charge < -0.3 is 8.98 Å². The van der Waals surface area contributed by atoms with Crippen molar-refractivity contribution < 1.29 is 24.5 Å². The van der Waals surface area contributed by atoms with E-state index in [1.807, 2.05) is 54.2 Å². The van der Waals surface area contributed by atoms with Crippen molar-refractivity contribution in [1.82, 2.24) is 24.5 Å². The summed E-state index contributed by atoms with van der Waals surface area (Å²) in [6, 6.07) is 24.9. The second-order valence-corrected chi connectivity index (χ2v) is 23.3. The monoisotopic (exact) mass is 834 g/mol. The topological polar surface area (TPSA) is 69.6 Å². The number of rotatable bonds is 5. The quantitative estimate of drug-likeness (QED) is 0.129. The summed E-state index contributed by atoms with van der Waals surface area (Å²) in [6.45, 7) is 6.67. The number of furan rings is 1. The largest absolute Gasteiger partial charge is 0.486 e. The molecular weight excluding hydrogens is 795 g/mol. The van der Waals surface area contributed by atoms with Crippen LogP contribution in [0.3, 0.4) is 0 Å². The van der Waals surface area contributed by atoms with Gasteiger partial charge in [0.2, 0.25) is 5.71 Å².